The SMILES string of the molecule is COCC(CO)OC.[Ru]. The summed E-state index contributed by atoms with van der Waals surface area (Å²) in [6.07, 6.45) is -0.167. The van der Waals surface area contributed by atoms with Crippen molar-refractivity contribution in [3.63, 3.8) is 0 Å². The first-order valence-electron chi connectivity index (χ1n) is 2.47. The van der Waals surface area contributed by atoms with Gasteiger partial charge in [-0.2, -0.15) is 0 Å². The molecule has 0 aromatic heterocycles. The molecule has 0 bridgehead atoms. The summed E-state index contributed by atoms with van der Waals surface area (Å²) in [7, 11) is 3.11. The summed E-state index contributed by atoms with van der Waals surface area (Å²) < 4.78 is 9.47. The molecular weight excluding hydrogens is 209 g/mol. The standard InChI is InChI=1S/C5H12O3.Ru/c1-7-4-5(3-6)8-2;/h5-6H,3-4H2,1-2H3;. The summed E-state index contributed by atoms with van der Waals surface area (Å²) in [5, 5.41) is 8.45. The summed E-state index contributed by atoms with van der Waals surface area (Å²) in [5.74, 6) is 0. The zero-order valence-corrected chi connectivity index (χ0v) is 7.35. The second-order valence-electron chi connectivity index (χ2n) is 1.50. The predicted molar refractivity (Wildman–Crippen MR) is 29.8 cm³/mol. The first-order valence-corrected chi connectivity index (χ1v) is 2.47. The molecule has 0 aromatic rings. The molecular formula is C5H12O3Ru. The van der Waals surface area contributed by atoms with Crippen molar-refractivity contribution in [1.29, 1.82) is 0 Å². The van der Waals surface area contributed by atoms with Crippen molar-refractivity contribution < 1.29 is 34.1 Å². The zero-order valence-electron chi connectivity index (χ0n) is 5.61. The van der Waals surface area contributed by atoms with Crippen LogP contribution in [0.3, 0.4) is 0 Å². The Bertz CT molecular complexity index is 47.5. The van der Waals surface area contributed by atoms with Crippen molar-refractivity contribution in [2.45, 2.75) is 6.10 Å². The van der Waals surface area contributed by atoms with E-state index < -0.39 is 0 Å². The third kappa shape index (κ3) is 6.39. The van der Waals surface area contributed by atoms with Crippen LogP contribution in [0.2, 0.25) is 0 Å². The minimum absolute atomic E-state index is 0. The van der Waals surface area contributed by atoms with Crippen LogP contribution in [-0.4, -0.2) is 38.6 Å². The maximum atomic E-state index is 8.45. The molecule has 0 aromatic carbocycles. The molecule has 0 aliphatic carbocycles. The number of hydrogen-bond acceptors (Lipinski definition) is 3. The van der Waals surface area contributed by atoms with Gasteiger partial charge < -0.3 is 14.6 Å². The molecule has 0 spiro atoms. The van der Waals surface area contributed by atoms with Crippen LogP contribution >= 0.6 is 0 Å². The van der Waals surface area contributed by atoms with Gasteiger partial charge in [0.1, 0.15) is 6.10 Å². The van der Waals surface area contributed by atoms with E-state index in [9.17, 15) is 0 Å². The first kappa shape index (κ1) is 12.2. The van der Waals surface area contributed by atoms with E-state index >= 15 is 0 Å². The number of aliphatic hydroxyl groups excluding tert-OH is 1. The van der Waals surface area contributed by atoms with E-state index in [-0.39, 0.29) is 32.2 Å². The molecule has 0 fully saturated rings. The molecule has 0 heterocycles. The van der Waals surface area contributed by atoms with Crippen LogP contribution in [0.25, 0.3) is 0 Å². The molecule has 0 saturated carbocycles. The molecule has 3 nitrogen and oxygen atoms in total. The molecule has 0 amide bonds. The Morgan fingerprint density at radius 2 is 2.00 bits per heavy atom. The normalized spacial score (nSPS) is 12.3. The molecule has 0 aliphatic rings. The van der Waals surface area contributed by atoms with Crippen molar-refractivity contribution >= 4 is 0 Å². The largest absolute Gasteiger partial charge is 0.394 e. The second-order valence-corrected chi connectivity index (χ2v) is 1.50. The van der Waals surface area contributed by atoms with Crippen molar-refractivity contribution in [2.24, 2.45) is 0 Å². The van der Waals surface area contributed by atoms with Crippen LogP contribution in [0, 0.1) is 0 Å². The molecule has 0 aliphatic heterocycles. The molecule has 4 heteroatoms. The number of methoxy groups -OCH3 is 2. The molecule has 0 saturated heterocycles. The summed E-state index contributed by atoms with van der Waals surface area (Å²) >= 11 is 0. The van der Waals surface area contributed by atoms with E-state index in [1.165, 1.54) is 0 Å². The summed E-state index contributed by atoms with van der Waals surface area (Å²) in [5.41, 5.74) is 0. The molecule has 0 radical (unpaired) electrons. The number of ether oxygens (including phenoxy) is 2. The minimum atomic E-state index is -0.167. The van der Waals surface area contributed by atoms with E-state index in [0.29, 0.717) is 6.61 Å². The van der Waals surface area contributed by atoms with Gasteiger partial charge in [0.2, 0.25) is 0 Å². The van der Waals surface area contributed by atoms with E-state index in [0.717, 1.165) is 0 Å². The van der Waals surface area contributed by atoms with E-state index in [1.54, 1.807) is 14.2 Å². The first-order chi connectivity index (χ1) is 3.85. The third-order valence-corrected chi connectivity index (χ3v) is 0.890. The van der Waals surface area contributed by atoms with Crippen molar-refractivity contribution in [1.82, 2.24) is 0 Å². The average Bonchev–Trinajstić information content (AvgIpc) is 1.83. The Morgan fingerprint density at radius 3 is 2.11 bits per heavy atom. The molecule has 1 unspecified atom stereocenters. The van der Waals surface area contributed by atoms with Gasteiger partial charge in [-0.3, -0.25) is 0 Å². The number of rotatable bonds is 4. The average molecular weight is 221 g/mol. The van der Waals surface area contributed by atoms with Gasteiger partial charge in [0.15, 0.2) is 0 Å². The Balaban J connectivity index is 0. The van der Waals surface area contributed by atoms with Crippen molar-refractivity contribution in [3.8, 4) is 0 Å². The molecule has 58 valence electrons. The molecule has 1 atom stereocenters. The Labute approximate surface area is 68.1 Å². The maximum Gasteiger partial charge on any atom is 0.103 e. The van der Waals surface area contributed by atoms with Gasteiger partial charge in [-0.05, 0) is 0 Å². The summed E-state index contributed by atoms with van der Waals surface area (Å²) in [4.78, 5) is 0. The van der Waals surface area contributed by atoms with Crippen LogP contribution in [0.15, 0.2) is 0 Å². The smallest absolute Gasteiger partial charge is 0.103 e. The van der Waals surface area contributed by atoms with Gasteiger partial charge in [0, 0.05) is 33.7 Å². The van der Waals surface area contributed by atoms with Crippen LogP contribution in [0.5, 0.6) is 0 Å². The topological polar surface area (TPSA) is 38.7 Å². The van der Waals surface area contributed by atoms with Crippen LogP contribution in [-0.2, 0) is 29.0 Å². The van der Waals surface area contributed by atoms with Crippen LogP contribution < -0.4 is 0 Å². The molecule has 9 heavy (non-hydrogen) atoms. The third-order valence-electron chi connectivity index (χ3n) is 0.890. The zero-order chi connectivity index (χ0) is 6.41. The van der Waals surface area contributed by atoms with Crippen molar-refractivity contribution in [3.05, 3.63) is 0 Å². The van der Waals surface area contributed by atoms with Gasteiger partial charge in [0.05, 0.1) is 13.2 Å². The van der Waals surface area contributed by atoms with Crippen molar-refractivity contribution in [2.75, 3.05) is 27.4 Å². The summed E-state index contributed by atoms with van der Waals surface area (Å²) in [6.45, 7) is 0.470. The molecule has 0 rings (SSSR count). The monoisotopic (exact) mass is 222 g/mol. The number of aliphatic hydroxyl groups is 1. The van der Waals surface area contributed by atoms with Gasteiger partial charge in [0.25, 0.3) is 0 Å². The van der Waals surface area contributed by atoms with Gasteiger partial charge in [-0.15, -0.1) is 0 Å². The second kappa shape index (κ2) is 8.50. The van der Waals surface area contributed by atoms with Crippen LogP contribution in [0.1, 0.15) is 0 Å². The quantitative estimate of drug-likeness (QED) is 0.659. The fraction of sp³-hybridized carbons (Fsp3) is 1.00. The van der Waals surface area contributed by atoms with E-state index in [2.05, 4.69) is 0 Å². The fourth-order valence-corrected chi connectivity index (χ4v) is 0.381. The Kier molecular flexibility index (Phi) is 11.5. The Morgan fingerprint density at radius 1 is 1.44 bits per heavy atom. The van der Waals surface area contributed by atoms with E-state index in [4.69, 9.17) is 14.6 Å². The van der Waals surface area contributed by atoms with Crippen LogP contribution in [0.4, 0.5) is 0 Å². The summed E-state index contributed by atoms with van der Waals surface area (Å²) in [6, 6.07) is 0. The fourth-order valence-electron chi connectivity index (χ4n) is 0.381. The number of hydrogen-bond donors (Lipinski definition) is 1. The Hall–Kier alpha value is 0.503. The molecule has 1 N–H and O–H groups in total. The van der Waals surface area contributed by atoms with Gasteiger partial charge in [-0.1, -0.05) is 0 Å². The van der Waals surface area contributed by atoms with Gasteiger partial charge in [-0.25, -0.2) is 0 Å². The minimum Gasteiger partial charge on any atom is -0.394 e. The van der Waals surface area contributed by atoms with Gasteiger partial charge >= 0.3 is 0 Å². The maximum absolute atomic E-state index is 8.45. The van der Waals surface area contributed by atoms with E-state index in [1.807, 2.05) is 0 Å². The predicted octanol–water partition coefficient (Wildman–Crippen LogP) is -0.362.